The van der Waals surface area contributed by atoms with Gasteiger partial charge >= 0.3 is 0 Å². The van der Waals surface area contributed by atoms with Crippen LogP contribution in [0.2, 0.25) is 0 Å². The van der Waals surface area contributed by atoms with E-state index >= 15 is 0 Å². The van der Waals surface area contributed by atoms with Crippen LogP contribution in [-0.2, 0) is 11.2 Å². The second kappa shape index (κ2) is 13.6. The maximum atomic E-state index is 10.4. The van der Waals surface area contributed by atoms with E-state index in [9.17, 15) is 4.79 Å². The van der Waals surface area contributed by atoms with Crippen molar-refractivity contribution in [3.8, 4) is 21.9 Å². The molecule has 0 aliphatic carbocycles. The molecule has 5 nitrogen and oxygen atoms in total. The number of hydrogen-bond donors (Lipinski definition) is 1. The smallest absolute Gasteiger partial charge is 0.133 e. The van der Waals surface area contributed by atoms with Crippen LogP contribution in [-0.4, -0.2) is 57.1 Å². The van der Waals surface area contributed by atoms with Gasteiger partial charge in [0.1, 0.15) is 24.4 Å². The fourth-order valence-corrected chi connectivity index (χ4v) is 6.19. The van der Waals surface area contributed by atoms with Crippen molar-refractivity contribution >= 4 is 27.7 Å². The highest BCUT2D eigenvalue weighted by molar-refractivity contribution is 7.22. The van der Waals surface area contributed by atoms with E-state index in [-0.39, 0.29) is 0 Å². The van der Waals surface area contributed by atoms with Crippen molar-refractivity contribution < 1.29 is 14.3 Å². The third-order valence-electron chi connectivity index (χ3n) is 6.99. The maximum Gasteiger partial charge on any atom is 0.133 e. The zero-order valence-corrected chi connectivity index (χ0v) is 22.7. The van der Waals surface area contributed by atoms with E-state index < -0.39 is 0 Å². The largest absolute Gasteiger partial charge is 0.494 e. The van der Waals surface area contributed by atoms with E-state index in [1.54, 1.807) is 0 Å². The third kappa shape index (κ3) is 7.01. The molecule has 0 unspecified atom stereocenters. The van der Waals surface area contributed by atoms with Crippen molar-refractivity contribution in [3.05, 3.63) is 83.9 Å². The minimum atomic E-state index is 0.392. The molecule has 1 aliphatic rings. The third-order valence-corrected chi connectivity index (χ3v) is 8.25. The zero-order chi connectivity index (χ0) is 26.0. The number of nitrogens with one attached hydrogen (secondary N) is 1. The van der Waals surface area contributed by atoms with Gasteiger partial charge in [0.25, 0.3) is 0 Å². The molecule has 38 heavy (non-hydrogen) atoms. The van der Waals surface area contributed by atoms with Crippen LogP contribution in [0.3, 0.4) is 0 Å². The Bertz CT molecular complexity index is 1290. The molecule has 4 aromatic rings. The quantitative estimate of drug-likeness (QED) is 0.156. The number of fused-ring (bicyclic) bond motifs is 1. The highest BCUT2D eigenvalue weighted by Gasteiger charge is 2.15. The Morgan fingerprint density at radius 3 is 2.34 bits per heavy atom. The molecule has 1 aromatic heterocycles. The van der Waals surface area contributed by atoms with E-state index in [0.717, 1.165) is 50.3 Å². The Morgan fingerprint density at radius 2 is 1.58 bits per heavy atom. The molecular formula is C32H36N2O3S. The van der Waals surface area contributed by atoms with Crippen molar-refractivity contribution in [2.75, 3.05) is 45.9 Å². The molecule has 0 radical (unpaired) electrons. The number of nitrogens with zero attached hydrogens (tertiary/aromatic N) is 1. The molecule has 0 spiro atoms. The van der Waals surface area contributed by atoms with Gasteiger partial charge in [-0.3, -0.25) is 4.90 Å². The summed E-state index contributed by atoms with van der Waals surface area (Å²) in [5.74, 6) is 1.81. The fourth-order valence-electron chi connectivity index (χ4n) is 4.96. The summed E-state index contributed by atoms with van der Waals surface area (Å²) in [6, 6.07) is 25.7. The van der Waals surface area contributed by atoms with Crippen LogP contribution in [0, 0.1) is 0 Å². The van der Waals surface area contributed by atoms with Crippen molar-refractivity contribution in [2.24, 2.45) is 0 Å². The van der Waals surface area contributed by atoms with Gasteiger partial charge in [0.15, 0.2) is 0 Å². The van der Waals surface area contributed by atoms with Crippen molar-refractivity contribution in [3.63, 3.8) is 0 Å². The first-order chi connectivity index (χ1) is 18.8. The van der Waals surface area contributed by atoms with Crippen LogP contribution < -0.4 is 14.8 Å². The van der Waals surface area contributed by atoms with Gasteiger partial charge in [-0.05, 0) is 110 Å². The maximum absolute atomic E-state index is 10.4. The minimum Gasteiger partial charge on any atom is -0.494 e. The summed E-state index contributed by atoms with van der Waals surface area (Å²) < 4.78 is 13.2. The number of thiophene rings is 1. The first-order valence-corrected chi connectivity index (χ1v) is 14.4. The van der Waals surface area contributed by atoms with Gasteiger partial charge in [-0.15, -0.1) is 11.3 Å². The number of hydrogen-bond acceptors (Lipinski definition) is 6. The molecule has 0 atom stereocenters. The van der Waals surface area contributed by atoms with Gasteiger partial charge in [0, 0.05) is 16.1 Å². The standard InChI is InChI=1S/C32H36N2O3S/c35-21-17-33-16-5-22-36-28-14-10-26(11-15-28)32-30(29-6-1-2-7-31(29)38-32)24-25-8-12-27(13-9-25)37-23-20-34-18-3-4-19-34/h1-2,6-15,21,33H,3-5,16-20,22-24H2. The van der Waals surface area contributed by atoms with E-state index in [4.69, 9.17) is 9.47 Å². The number of aldehydes is 1. The molecule has 3 aromatic carbocycles. The number of carbonyl (C=O) groups excluding carboxylic acids is 1. The Hall–Kier alpha value is -3.19. The topological polar surface area (TPSA) is 50.8 Å². The number of rotatable bonds is 14. The zero-order valence-electron chi connectivity index (χ0n) is 21.9. The van der Waals surface area contributed by atoms with E-state index in [2.05, 4.69) is 83.0 Å². The Morgan fingerprint density at radius 1 is 0.868 bits per heavy atom. The van der Waals surface area contributed by atoms with Crippen molar-refractivity contribution in [1.29, 1.82) is 0 Å². The van der Waals surface area contributed by atoms with Gasteiger partial charge in [0.2, 0.25) is 0 Å². The average molecular weight is 529 g/mol. The summed E-state index contributed by atoms with van der Waals surface area (Å²) >= 11 is 1.85. The molecule has 1 fully saturated rings. The Kier molecular flexibility index (Phi) is 9.43. The fraction of sp³-hybridized carbons (Fsp3) is 0.344. The molecule has 1 aliphatic heterocycles. The van der Waals surface area contributed by atoms with Crippen LogP contribution >= 0.6 is 11.3 Å². The molecule has 5 rings (SSSR count). The van der Waals surface area contributed by atoms with Gasteiger partial charge in [0.05, 0.1) is 13.2 Å². The normalized spacial score (nSPS) is 13.7. The van der Waals surface area contributed by atoms with Crippen LogP contribution in [0.5, 0.6) is 11.5 Å². The second-order valence-electron chi connectivity index (χ2n) is 9.72. The molecule has 1 saturated heterocycles. The van der Waals surface area contributed by atoms with E-state index in [0.29, 0.717) is 13.2 Å². The SMILES string of the molecule is O=CCNCCCOc1ccc(-c2sc3ccccc3c2Cc2ccc(OCCN3CCCC3)cc2)cc1. The summed E-state index contributed by atoms with van der Waals surface area (Å²) in [4.78, 5) is 14.2. The Balaban J connectivity index is 1.24. The van der Waals surface area contributed by atoms with E-state index in [1.165, 1.54) is 57.6 Å². The number of likely N-dealkylation sites (tertiary alicyclic amines) is 1. The number of ether oxygens (including phenoxy) is 2. The van der Waals surface area contributed by atoms with Gasteiger partial charge in [-0.2, -0.15) is 0 Å². The molecule has 0 bridgehead atoms. The molecule has 0 amide bonds. The average Bonchev–Trinajstić information content (AvgIpc) is 3.60. The molecular weight excluding hydrogens is 492 g/mol. The van der Waals surface area contributed by atoms with Gasteiger partial charge < -0.3 is 19.6 Å². The van der Waals surface area contributed by atoms with E-state index in [1.807, 2.05) is 11.3 Å². The molecule has 6 heteroatoms. The van der Waals surface area contributed by atoms with Crippen LogP contribution in [0.15, 0.2) is 72.8 Å². The van der Waals surface area contributed by atoms with Crippen LogP contribution in [0.4, 0.5) is 0 Å². The first-order valence-electron chi connectivity index (χ1n) is 13.6. The molecule has 1 N–H and O–H groups in total. The van der Waals surface area contributed by atoms with Crippen molar-refractivity contribution in [1.82, 2.24) is 10.2 Å². The summed E-state index contributed by atoms with van der Waals surface area (Å²) in [6.07, 6.45) is 5.24. The molecule has 198 valence electrons. The van der Waals surface area contributed by atoms with Gasteiger partial charge in [-0.25, -0.2) is 0 Å². The summed E-state index contributed by atoms with van der Waals surface area (Å²) in [5, 5.41) is 4.38. The first kappa shape index (κ1) is 26.4. The van der Waals surface area contributed by atoms with Crippen molar-refractivity contribution in [2.45, 2.75) is 25.7 Å². The lowest BCUT2D eigenvalue weighted by atomic mass is 9.99. The highest BCUT2D eigenvalue weighted by Crippen LogP contribution is 2.40. The van der Waals surface area contributed by atoms with Gasteiger partial charge in [-0.1, -0.05) is 30.3 Å². The minimum absolute atomic E-state index is 0.392. The summed E-state index contributed by atoms with van der Waals surface area (Å²) in [6.45, 7) is 5.95. The molecule has 2 heterocycles. The predicted octanol–water partition coefficient (Wildman–Crippen LogP) is 6.19. The lowest BCUT2D eigenvalue weighted by Gasteiger charge is -2.15. The highest BCUT2D eigenvalue weighted by atomic mass is 32.1. The van der Waals surface area contributed by atoms with Crippen LogP contribution in [0.25, 0.3) is 20.5 Å². The monoisotopic (exact) mass is 528 g/mol. The predicted molar refractivity (Wildman–Crippen MR) is 157 cm³/mol. The second-order valence-corrected chi connectivity index (χ2v) is 10.8. The summed E-state index contributed by atoms with van der Waals surface area (Å²) in [5.41, 5.74) is 3.86. The molecule has 0 saturated carbocycles. The number of benzene rings is 3. The lowest BCUT2D eigenvalue weighted by Crippen LogP contribution is -2.25. The lowest BCUT2D eigenvalue weighted by molar-refractivity contribution is -0.107. The van der Waals surface area contributed by atoms with Crippen LogP contribution in [0.1, 0.15) is 30.4 Å². The number of carbonyl (C=O) groups is 1. The Labute approximate surface area is 229 Å². The summed E-state index contributed by atoms with van der Waals surface area (Å²) in [7, 11) is 0.